The van der Waals surface area contributed by atoms with Gasteiger partial charge in [0.25, 0.3) is 0 Å². The van der Waals surface area contributed by atoms with Crippen LogP contribution in [0, 0.1) is 13.0 Å². The minimum absolute atomic E-state index is 0.423. The average molecular weight is 520 g/mol. The molecule has 0 aromatic heterocycles. The summed E-state index contributed by atoms with van der Waals surface area (Å²) in [6.45, 7) is 1.60. The van der Waals surface area contributed by atoms with Gasteiger partial charge < -0.3 is 0 Å². The molecule has 60 valence electrons. The number of aryl methyl sites for hydroxylation is 1. The van der Waals surface area contributed by atoms with Crippen LogP contribution in [0.1, 0.15) is 5.56 Å². The van der Waals surface area contributed by atoms with Gasteiger partial charge in [-0.15, -0.1) is 0 Å². The summed E-state index contributed by atoms with van der Waals surface area (Å²) in [4.78, 5) is 0. The van der Waals surface area contributed by atoms with Gasteiger partial charge in [-0.25, -0.2) is 0 Å². The van der Waals surface area contributed by atoms with Crippen molar-refractivity contribution in [2.45, 2.75) is 6.92 Å². The van der Waals surface area contributed by atoms with Crippen molar-refractivity contribution in [1.82, 2.24) is 0 Å². The second kappa shape index (κ2) is 8.71. The van der Waals surface area contributed by atoms with Crippen LogP contribution < -0.4 is 0 Å². The van der Waals surface area contributed by atoms with Crippen molar-refractivity contribution in [3.05, 3.63) is 35.9 Å². The van der Waals surface area contributed by atoms with Crippen LogP contribution in [-0.4, -0.2) is 0 Å². The zero-order valence-corrected chi connectivity index (χ0v) is 14.0. The number of halogens is 3. The maximum atomic E-state index is 3.03. The van der Waals surface area contributed by atoms with Crippen molar-refractivity contribution in [1.29, 1.82) is 0 Å². The van der Waals surface area contributed by atoms with Crippen molar-refractivity contribution >= 4 is 57.6 Å². The summed E-state index contributed by atoms with van der Waals surface area (Å²) >= 11 is 7.45. The standard InChI is InChI=1S/C7H7.3HI.Ti/c1-7-5-3-2-4-6-7;;;;/h2-5H,1H3;3*1H;/q-1;;;;+4/p-3. The number of benzene rings is 1. The molecule has 0 bridgehead atoms. The zero-order chi connectivity index (χ0) is 8.69. The summed E-state index contributed by atoms with van der Waals surface area (Å²) in [6.07, 6.45) is 0. The molecule has 0 amide bonds. The van der Waals surface area contributed by atoms with E-state index in [1.165, 1.54) is 5.56 Å². The predicted octanol–water partition coefficient (Wildman–Crippen LogP) is 4.45. The number of hydrogen-bond acceptors (Lipinski definition) is 0. The van der Waals surface area contributed by atoms with Crippen LogP contribution in [0.3, 0.4) is 0 Å². The Labute approximate surface area is 105 Å². The molecule has 0 spiro atoms. The van der Waals surface area contributed by atoms with Gasteiger partial charge in [0.1, 0.15) is 0 Å². The Kier molecular flexibility index (Phi) is 10.4. The van der Waals surface area contributed by atoms with Gasteiger partial charge in [-0.1, -0.05) is 6.92 Å². The Morgan fingerprint density at radius 2 is 1.82 bits per heavy atom. The molecule has 0 radical (unpaired) electrons. The monoisotopic (exact) mass is 520 g/mol. The van der Waals surface area contributed by atoms with Gasteiger partial charge in [-0.3, -0.25) is 0 Å². The third kappa shape index (κ3) is 12.1. The number of hydrogen-bond donors (Lipinski definition) is 0. The first-order valence-electron chi connectivity index (χ1n) is 2.89. The summed E-state index contributed by atoms with van der Waals surface area (Å²) in [7, 11) is 0. The van der Waals surface area contributed by atoms with Gasteiger partial charge in [0.05, 0.1) is 0 Å². The van der Waals surface area contributed by atoms with Crippen LogP contribution in [0.25, 0.3) is 0 Å². The van der Waals surface area contributed by atoms with Crippen molar-refractivity contribution in [2.75, 3.05) is 0 Å². The molecule has 0 N–H and O–H groups in total. The van der Waals surface area contributed by atoms with E-state index >= 15 is 0 Å². The fourth-order valence-electron chi connectivity index (χ4n) is 0.483. The molecule has 1 aromatic rings. The fourth-order valence-corrected chi connectivity index (χ4v) is 0.483. The Bertz CT molecular complexity index is 174. The summed E-state index contributed by atoms with van der Waals surface area (Å²) < 4.78 is 0. The zero-order valence-electron chi connectivity index (χ0n) is 5.94. The summed E-state index contributed by atoms with van der Waals surface area (Å²) in [6, 6.07) is 10.9. The van der Waals surface area contributed by atoms with E-state index < -0.39 is 6.63 Å². The van der Waals surface area contributed by atoms with Crippen LogP contribution in [0.5, 0.6) is 0 Å². The van der Waals surface area contributed by atoms with Crippen LogP contribution in [0.2, 0.25) is 0 Å². The van der Waals surface area contributed by atoms with Crippen molar-refractivity contribution in [2.24, 2.45) is 0 Å². The third-order valence-electron chi connectivity index (χ3n) is 0.865. The van der Waals surface area contributed by atoms with E-state index in [9.17, 15) is 0 Å². The Balaban J connectivity index is 0.000000218. The van der Waals surface area contributed by atoms with Gasteiger partial charge in [-0.2, -0.15) is 35.9 Å². The van der Waals surface area contributed by atoms with Gasteiger partial charge in [0, 0.05) is 0 Å². The predicted molar refractivity (Wildman–Crippen MR) is 72.1 cm³/mol. The van der Waals surface area contributed by atoms with Crippen molar-refractivity contribution in [3.63, 3.8) is 0 Å². The molecule has 1 rings (SSSR count). The van der Waals surface area contributed by atoms with E-state index in [1.54, 1.807) is 0 Å². The van der Waals surface area contributed by atoms with E-state index in [1.807, 2.05) is 31.2 Å². The van der Waals surface area contributed by atoms with Crippen LogP contribution in [-0.2, 0) is 6.63 Å². The van der Waals surface area contributed by atoms with Crippen LogP contribution >= 0.6 is 57.6 Å². The summed E-state index contributed by atoms with van der Waals surface area (Å²) in [5.41, 5.74) is 1.20. The molecule has 0 aliphatic heterocycles. The molecular formula is C7H7I3Ti. The molecule has 0 aliphatic rings. The molecule has 0 saturated heterocycles. The quantitative estimate of drug-likeness (QED) is 0.270. The van der Waals surface area contributed by atoms with E-state index in [2.05, 4.69) is 63.6 Å². The first-order valence-corrected chi connectivity index (χ1v) is 18.0. The molecule has 0 aliphatic carbocycles. The Morgan fingerprint density at radius 1 is 1.27 bits per heavy atom. The molecule has 0 heterocycles. The average Bonchev–Trinajstić information content (AvgIpc) is 1.87. The molecule has 0 nitrogen and oxygen atoms in total. The normalized spacial score (nSPS) is 8.00. The van der Waals surface area contributed by atoms with Gasteiger partial charge >= 0.3 is 64.2 Å². The molecule has 0 saturated carbocycles. The molecular weight excluding hydrogens is 513 g/mol. The van der Waals surface area contributed by atoms with E-state index in [0.717, 1.165) is 0 Å². The van der Waals surface area contributed by atoms with Gasteiger partial charge in [0.2, 0.25) is 0 Å². The SMILES string of the molecule is Cc1[c-]cccc1.[I][Ti+]([I])[I]. The Morgan fingerprint density at radius 3 is 2.00 bits per heavy atom. The van der Waals surface area contributed by atoms with Gasteiger partial charge in [0.15, 0.2) is 0 Å². The maximum absolute atomic E-state index is 3.03. The second-order valence-corrected chi connectivity index (χ2v) is 41.3. The third-order valence-corrected chi connectivity index (χ3v) is 0.865. The first-order chi connectivity index (χ1) is 5.13. The van der Waals surface area contributed by atoms with Gasteiger partial charge in [-0.05, 0) is 0 Å². The molecule has 0 atom stereocenters. The van der Waals surface area contributed by atoms with E-state index in [-0.39, 0.29) is 0 Å². The molecule has 0 unspecified atom stereocenters. The molecule has 0 fully saturated rings. The summed E-state index contributed by atoms with van der Waals surface area (Å²) in [5.74, 6) is 0. The minimum atomic E-state index is -0.423. The van der Waals surface area contributed by atoms with Crippen molar-refractivity contribution < 1.29 is 6.63 Å². The molecule has 1 aromatic carbocycles. The van der Waals surface area contributed by atoms with Crippen LogP contribution in [0.15, 0.2) is 24.3 Å². The fraction of sp³-hybridized carbons (Fsp3) is 0.143. The topological polar surface area (TPSA) is 0 Å². The van der Waals surface area contributed by atoms with Crippen molar-refractivity contribution in [3.8, 4) is 0 Å². The van der Waals surface area contributed by atoms with Crippen LogP contribution in [0.4, 0.5) is 0 Å². The molecule has 4 heteroatoms. The van der Waals surface area contributed by atoms with E-state index in [4.69, 9.17) is 0 Å². The Hall–Kier alpha value is 2.12. The number of rotatable bonds is 0. The summed E-state index contributed by atoms with van der Waals surface area (Å²) in [5, 5.41) is 0. The second-order valence-electron chi connectivity index (χ2n) is 1.76. The first kappa shape index (κ1) is 13.1. The molecule has 11 heavy (non-hydrogen) atoms. The van der Waals surface area contributed by atoms with E-state index in [0.29, 0.717) is 0 Å².